The number of fused-ring (bicyclic) bond motifs is 3. The van der Waals surface area contributed by atoms with Crippen LogP contribution in [0, 0.1) is 12.7 Å². The number of nitrogens with two attached hydrogens (primary N) is 1. The molecule has 0 fully saturated rings. The maximum atomic E-state index is 14.8. The summed E-state index contributed by atoms with van der Waals surface area (Å²) in [7, 11) is 0. The Morgan fingerprint density at radius 2 is 2.07 bits per heavy atom. The first kappa shape index (κ1) is 18.8. The Bertz CT molecular complexity index is 1260. The lowest BCUT2D eigenvalue weighted by molar-refractivity contribution is 0.282. The van der Waals surface area contributed by atoms with E-state index in [-0.39, 0.29) is 23.9 Å². The Morgan fingerprint density at radius 1 is 1.29 bits per heavy atom. The minimum atomic E-state index is -0.320. The van der Waals surface area contributed by atoms with E-state index in [9.17, 15) is 14.3 Å². The molecular formula is C22H21FN2O2S. The number of H-pyrrole nitrogens is 1. The quantitative estimate of drug-likeness (QED) is 0.478. The van der Waals surface area contributed by atoms with Crippen LogP contribution in [0.25, 0.3) is 32.1 Å². The van der Waals surface area contributed by atoms with Crippen LogP contribution in [-0.4, -0.2) is 16.6 Å². The van der Waals surface area contributed by atoms with Crippen molar-refractivity contribution in [3.8, 4) is 11.1 Å². The molecule has 0 saturated heterocycles. The van der Waals surface area contributed by atoms with Gasteiger partial charge in [0, 0.05) is 10.8 Å². The molecule has 0 aliphatic carbocycles. The number of nitrogens with one attached hydrogen (secondary N) is 1. The predicted molar refractivity (Wildman–Crippen MR) is 113 cm³/mol. The lowest BCUT2D eigenvalue weighted by atomic mass is 9.90. The van der Waals surface area contributed by atoms with Gasteiger partial charge < -0.3 is 15.8 Å². The van der Waals surface area contributed by atoms with Gasteiger partial charge in [-0.15, -0.1) is 11.3 Å². The van der Waals surface area contributed by atoms with Crippen LogP contribution in [0.4, 0.5) is 4.39 Å². The monoisotopic (exact) mass is 396 g/mol. The second-order valence-electron chi connectivity index (χ2n) is 7.13. The summed E-state index contributed by atoms with van der Waals surface area (Å²) < 4.78 is 15.5. The van der Waals surface area contributed by atoms with Crippen molar-refractivity contribution in [2.75, 3.05) is 6.54 Å². The van der Waals surface area contributed by atoms with Gasteiger partial charge in [-0.3, -0.25) is 4.79 Å². The minimum Gasteiger partial charge on any atom is -0.392 e. The predicted octanol–water partition coefficient (Wildman–Crippen LogP) is 4.41. The highest BCUT2D eigenvalue weighted by atomic mass is 32.1. The van der Waals surface area contributed by atoms with E-state index in [4.69, 9.17) is 5.73 Å². The standard InChI is InChI=1S/C22H21FN2O2S/c1-11-7-14(10-26)18(13-3-4-15(12(2)9-24)17(23)8-13)19-16-5-6-28-21(16)22(27)25-20(11)19/h3-8,12,26H,9-10,24H2,1-2H3,(H,25,27). The first-order valence-electron chi connectivity index (χ1n) is 9.12. The zero-order valence-electron chi connectivity index (χ0n) is 15.7. The van der Waals surface area contributed by atoms with Gasteiger partial charge in [-0.1, -0.05) is 25.1 Å². The Labute approximate surface area is 165 Å². The molecule has 0 aliphatic heterocycles. The Hall–Kier alpha value is -2.54. The van der Waals surface area contributed by atoms with Crippen molar-refractivity contribution in [1.82, 2.24) is 4.98 Å². The molecule has 6 heteroatoms. The van der Waals surface area contributed by atoms with E-state index in [2.05, 4.69) is 4.98 Å². The lowest BCUT2D eigenvalue weighted by Gasteiger charge is -2.17. The van der Waals surface area contributed by atoms with Crippen molar-refractivity contribution >= 4 is 32.3 Å². The molecule has 28 heavy (non-hydrogen) atoms. The second kappa shape index (κ2) is 7.13. The zero-order chi connectivity index (χ0) is 20.0. The summed E-state index contributed by atoms with van der Waals surface area (Å²) in [4.78, 5) is 15.4. The van der Waals surface area contributed by atoms with Crippen molar-refractivity contribution < 1.29 is 9.50 Å². The third-order valence-electron chi connectivity index (χ3n) is 5.33. The molecule has 0 spiro atoms. The minimum absolute atomic E-state index is 0.0824. The fraction of sp³-hybridized carbons (Fsp3) is 0.227. The number of rotatable bonds is 4. The molecule has 0 bridgehead atoms. The molecule has 0 radical (unpaired) electrons. The number of hydrogen-bond acceptors (Lipinski definition) is 4. The molecule has 144 valence electrons. The van der Waals surface area contributed by atoms with Gasteiger partial charge in [-0.25, -0.2) is 4.39 Å². The highest BCUT2D eigenvalue weighted by molar-refractivity contribution is 7.17. The van der Waals surface area contributed by atoms with Crippen molar-refractivity contribution in [2.24, 2.45) is 5.73 Å². The van der Waals surface area contributed by atoms with Crippen LogP contribution < -0.4 is 11.3 Å². The number of aromatic amines is 1. The number of thiophene rings is 1. The number of pyridine rings is 1. The molecule has 4 rings (SSSR count). The first-order chi connectivity index (χ1) is 13.5. The fourth-order valence-electron chi connectivity index (χ4n) is 3.83. The van der Waals surface area contributed by atoms with Crippen LogP contribution in [0.5, 0.6) is 0 Å². The van der Waals surface area contributed by atoms with Gasteiger partial charge in [0.2, 0.25) is 0 Å². The third kappa shape index (κ3) is 2.85. The molecular weight excluding hydrogens is 375 g/mol. The normalized spacial score (nSPS) is 12.8. The van der Waals surface area contributed by atoms with E-state index < -0.39 is 0 Å². The third-order valence-corrected chi connectivity index (χ3v) is 6.24. The zero-order valence-corrected chi connectivity index (χ0v) is 16.5. The molecule has 2 heterocycles. The molecule has 2 aromatic carbocycles. The van der Waals surface area contributed by atoms with Crippen molar-refractivity contribution in [1.29, 1.82) is 0 Å². The van der Waals surface area contributed by atoms with E-state index >= 15 is 0 Å². The summed E-state index contributed by atoms with van der Waals surface area (Å²) in [5, 5.41) is 13.5. The number of hydrogen-bond donors (Lipinski definition) is 3. The van der Waals surface area contributed by atoms with Gasteiger partial charge in [0.05, 0.1) is 12.1 Å². The van der Waals surface area contributed by atoms with Crippen LogP contribution in [-0.2, 0) is 6.61 Å². The SMILES string of the molecule is Cc1cc(CO)c(-c2ccc(C(C)CN)c(F)c2)c2c1[nH]c(=O)c1sccc12. The average Bonchev–Trinajstić information content (AvgIpc) is 3.18. The summed E-state index contributed by atoms with van der Waals surface area (Å²) in [6, 6.07) is 8.86. The van der Waals surface area contributed by atoms with Gasteiger partial charge in [0.15, 0.2) is 0 Å². The number of benzene rings is 2. The van der Waals surface area contributed by atoms with Crippen molar-refractivity contribution in [2.45, 2.75) is 26.4 Å². The summed E-state index contributed by atoms with van der Waals surface area (Å²) in [5.74, 6) is -0.403. The highest BCUT2D eigenvalue weighted by Gasteiger charge is 2.19. The van der Waals surface area contributed by atoms with Crippen molar-refractivity contribution in [3.63, 3.8) is 0 Å². The van der Waals surface area contributed by atoms with E-state index in [0.29, 0.717) is 33.5 Å². The van der Waals surface area contributed by atoms with Crippen LogP contribution in [0.15, 0.2) is 40.5 Å². The van der Waals surface area contributed by atoms with Gasteiger partial charge in [0.1, 0.15) is 10.5 Å². The number of aliphatic hydroxyl groups is 1. The number of aryl methyl sites for hydroxylation is 1. The molecule has 1 atom stereocenters. The van der Waals surface area contributed by atoms with Gasteiger partial charge >= 0.3 is 0 Å². The molecule has 0 amide bonds. The van der Waals surface area contributed by atoms with E-state index in [1.165, 1.54) is 17.4 Å². The summed E-state index contributed by atoms with van der Waals surface area (Å²) in [5.41, 5.74) is 9.81. The van der Waals surface area contributed by atoms with Gasteiger partial charge in [0.25, 0.3) is 5.56 Å². The number of aliphatic hydroxyl groups excluding tert-OH is 1. The summed E-state index contributed by atoms with van der Waals surface area (Å²) in [6.45, 7) is 3.96. The molecule has 1 unspecified atom stereocenters. The smallest absolute Gasteiger partial charge is 0.266 e. The van der Waals surface area contributed by atoms with Crippen LogP contribution in [0.3, 0.4) is 0 Å². The largest absolute Gasteiger partial charge is 0.392 e. The first-order valence-corrected chi connectivity index (χ1v) is 10.0. The molecule has 4 aromatic rings. The maximum absolute atomic E-state index is 14.8. The number of halogens is 1. The molecule has 0 saturated carbocycles. The Morgan fingerprint density at radius 3 is 2.75 bits per heavy atom. The molecule has 0 aliphatic rings. The number of aromatic nitrogens is 1. The molecule has 4 nitrogen and oxygen atoms in total. The molecule has 2 aromatic heterocycles. The summed E-state index contributed by atoms with van der Waals surface area (Å²) >= 11 is 1.37. The average molecular weight is 396 g/mol. The Kier molecular flexibility index (Phi) is 4.79. The summed E-state index contributed by atoms with van der Waals surface area (Å²) in [6.07, 6.45) is 0. The lowest BCUT2D eigenvalue weighted by Crippen LogP contribution is -2.10. The van der Waals surface area contributed by atoms with E-state index in [1.54, 1.807) is 6.07 Å². The molecule has 4 N–H and O–H groups in total. The van der Waals surface area contributed by atoms with E-state index in [0.717, 1.165) is 21.9 Å². The van der Waals surface area contributed by atoms with Crippen LogP contribution in [0.2, 0.25) is 0 Å². The van der Waals surface area contributed by atoms with Gasteiger partial charge in [-0.05, 0) is 64.7 Å². The fourth-order valence-corrected chi connectivity index (χ4v) is 4.63. The topological polar surface area (TPSA) is 79.1 Å². The van der Waals surface area contributed by atoms with Crippen LogP contribution in [0.1, 0.15) is 29.5 Å². The Balaban J connectivity index is 2.12. The van der Waals surface area contributed by atoms with Gasteiger partial charge in [-0.2, -0.15) is 0 Å². The van der Waals surface area contributed by atoms with Crippen LogP contribution >= 0.6 is 11.3 Å². The van der Waals surface area contributed by atoms with E-state index in [1.807, 2.05) is 37.4 Å². The maximum Gasteiger partial charge on any atom is 0.266 e. The highest BCUT2D eigenvalue weighted by Crippen LogP contribution is 2.39. The second-order valence-corrected chi connectivity index (χ2v) is 8.04. The van der Waals surface area contributed by atoms with Crippen molar-refractivity contribution in [3.05, 3.63) is 68.6 Å².